The SMILES string of the molecule is N#Cc1ccc(Oc2cncc(F)c2)cc1. The van der Waals surface area contributed by atoms with E-state index in [2.05, 4.69) is 4.98 Å². The van der Waals surface area contributed by atoms with Gasteiger partial charge in [0.25, 0.3) is 0 Å². The van der Waals surface area contributed by atoms with Crippen LogP contribution in [0.3, 0.4) is 0 Å². The van der Waals surface area contributed by atoms with Gasteiger partial charge in [0.05, 0.1) is 24.0 Å². The number of rotatable bonds is 2. The molecule has 0 unspecified atom stereocenters. The Hall–Kier alpha value is -2.41. The molecule has 0 radical (unpaired) electrons. The summed E-state index contributed by atoms with van der Waals surface area (Å²) in [5, 5.41) is 8.60. The molecule has 4 heteroatoms. The van der Waals surface area contributed by atoms with Crippen LogP contribution in [0.2, 0.25) is 0 Å². The average molecular weight is 214 g/mol. The van der Waals surface area contributed by atoms with Crippen LogP contribution in [0.5, 0.6) is 11.5 Å². The number of halogens is 1. The second kappa shape index (κ2) is 4.41. The summed E-state index contributed by atoms with van der Waals surface area (Å²) in [7, 11) is 0. The van der Waals surface area contributed by atoms with Gasteiger partial charge in [-0.15, -0.1) is 0 Å². The molecular weight excluding hydrogens is 207 g/mol. The predicted molar refractivity (Wildman–Crippen MR) is 55.4 cm³/mol. The Morgan fingerprint density at radius 3 is 2.50 bits per heavy atom. The highest BCUT2D eigenvalue weighted by Gasteiger charge is 1.99. The predicted octanol–water partition coefficient (Wildman–Crippen LogP) is 2.88. The maximum absolute atomic E-state index is 12.8. The normalized spacial score (nSPS) is 9.50. The van der Waals surface area contributed by atoms with E-state index in [1.54, 1.807) is 24.3 Å². The number of nitriles is 1. The summed E-state index contributed by atoms with van der Waals surface area (Å²) < 4.78 is 18.1. The molecule has 0 aliphatic rings. The quantitative estimate of drug-likeness (QED) is 0.772. The summed E-state index contributed by atoms with van der Waals surface area (Å²) >= 11 is 0. The van der Waals surface area contributed by atoms with Crippen LogP contribution in [0.4, 0.5) is 4.39 Å². The number of pyridine rings is 1. The molecule has 2 aromatic rings. The first kappa shape index (κ1) is 10.1. The Balaban J connectivity index is 2.18. The van der Waals surface area contributed by atoms with Crippen LogP contribution in [-0.4, -0.2) is 4.98 Å². The maximum atomic E-state index is 12.8. The first-order chi connectivity index (χ1) is 7.78. The second-order valence-electron chi connectivity index (χ2n) is 3.08. The Bertz CT molecular complexity index is 531. The van der Waals surface area contributed by atoms with E-state index in [-0.39, 0.29) is 0 Å². The van der Waals surface area contributed by atoms with Gasteiger partial charge in [0.1, 0.15) is 17.3 Å². The minimum Gasteiger partial charge on any atom is -0.456 e. The van der Waals surface area contributed by atoms with Crippen LogP contribution < -0.4 is 4.74 Å². The summed E-state index contributed by atoms with van der Waals surface area (Å²) in [6, 6.07) is 9.78. The van der Waals surface area contributed by atoms with Gasteiger partial charge in [-0.1, -0.05) is 0 Å². The van der Waals surface area contributed by atoms with Crippen molar-refractivity contribution in [2.45, 2.75) is 0 Å². The Labute approximate surface area is 91.7 Å². The fourth-order valence-corrected chi connectivity index (χ4v) is 1.18. The van der Waals surface area contributed by atoms with Crippen LogP contribution in [0.25, 0.3) is 0 Å². The summed E-state index contributed by atoms with van der Waals surface area (Å²) in [5.74, 6) is 0.405. The van der Waals surface area contributed by atoms with Crippen molar-refractivity contribution in [3.05, 3.63) is 54.1 Å². The molecule has 78 valence electrons. The lowest BCUT2D eigenvalue weighted by Crippen LogP contribution is -1.86. The van der Waals surface area contributed by atoms with Crippen molar-refractivity contribution >= 4 is 0 Å². The summed E-state index contributed by atoms with van der Waals surface area (Å²) in [5.41, 5.74) is 0.546. The zero-order chi connectivity index (χ0) is 11.4. The van der Waals surface area contributed by atoms with E-state index in [9.17, 15) is 4.39 Å². The monoisotopic (exact) mass is 214 g/mol. The molecule has 0 spiro atoms. The molecule has 0 amide bonds. The van der Waals surface area contributed by atoms with Gasteiger partial charge in [-0.25, -0.2) is 4.39 Å². The number of hydrogen-bond donors (Lipinski definition) is 0. The lowest BCUT2D eigenvalue weighted by Gasteiger charge is -2.04. The number of ether oxygens (including phenoxy) is 1. The standard InChI is InChI=1S/C12H7FN2O/c13-10-5-12(8-15-7-10)16-11-3-1-9(6-14)2-4-11/h1-5,7-8H. The van der Waals surface area contributed by atoms with E-state index in [0.717, 1.165) is 6.20 Å². The highest BCUT2D eigenvalue weighted by molar-refractivity contribution is 5.36. The van der Waals surface area contributed by atoms with E-state index in [1.165, 1.54) is 12.3 Å². The zero-order valence-electron chi connectivity index (χ0n) is 8.22. The molecule has 0 saturated carbocycles. The highest BCUT2D eigenvalue weighted by atomic mass is 19.1. The Kier molecular flexibility index (Phi) is 2.79. The van der Waals surface area contributed by atoms with E-state index in [1.807, 2.05) is 6.07 Å². The molecule has 0 aliphatic carbocycles. The van der Waals surface area contributed by atoms with E-state index >= 15 is 0 Å². The topological polar surface area (TPSA) is 45.9 Å². The minimum atomic E-state index is -0.453. The van der Waals surface area contributed by atoms with Gasteiger partial charge >= 0.3 is 0 Å². The van der Waals surface area contributed by atoms with Crippen molar-refractivity contribution in [3.63, 3.8) is 0 Å². The molecule has 16 heavy (non-hydrogen) atoms. The second-order valence-corrected chi connectivity index (χ2v) is 3.08. The molecule has 0 N–H and O–H groups in total. The number of benzene rings is 1. The zero-order valence-corrected chi connectivity index (χ0v) is 8.22. The molecule has 2 rings (SSSR count). The Morgan fingerprint density at radius 2 is 1.88 bits per heavy atom. The molecule has 0 saturated heterocycles. The molecular formula is C12H7FN2O. The fraction of sp³-hybridized carbons (Fsp3) is 0. The van der Waals surface area contributed by atoms with Crippen molar-refractivity contribution in [1.29, 1.82) is 5.26 Å². The van der Waals surface area contributed by atoms with Crippen molar-refractivity contribution < 1.29 is 9.13 Å². The smallest absolute Gasteiger partial charge is 0.148 e. The number of aromatic nitrogens is 1. The molecule has 0 aliphatic heterocycles. The Morgan fingerprint density at radius 1 is 1.12 bits per heavy atom. The van der Waals surface area contributed by atoms with Gasteiger partial charge in [0.15, 0.2) is 0 Å². The van der Waals surface area contributed by atoms with Crippen LogP contribution in [0, 0.1) is 17.1 Å². The third-order valence-electron chi connectivity index (χ3n) is 1.90. The third-order valence-corrected chi connectivity index (χ3v) is 1.90. The lowest BCUT2D eigenvalue weighted by atomic mass is 10.2. The largest absolute Gasteiger partial charge is 0.456 e. The molecule has 0 bridgehead atoms. The van der Waals surface area contributed by atoms with Crippen molar-refractivity contribution in [2.24, 2.45) is 0 Å². The summed E-state index contributed by atoms with van der Waals surface area (Å²) in [6.07, 6.45) is 2.52. The average Bonchev–Trinajstić information content (AvgIpc) is 2.30. The van der Waals surface area contributed by atoms with Gasteiger partial charge in [-0.2, -0.15) is 5.26 Å². The molecule has 1 heterocycles. The fourth-order valence-electron chi connectivity index (χ4n) is 1.18. The van der Waals surface area contributed by atoms with Crippen molar-refractivity contribution in [2.75, 3.05) is 0 Å². The third kappa shape index (κ3) is 2.34. The van der Waals surface area contributed by atoms with E-state index < -0.39 is 5.82 Å². The van der Waals surface area contributed by atoms with Gasteiger partial charge in [-0.3, -0.25) is 4.98 Å². The van der Waals surface area contributed by atoms with Crippen LogP contribution in [0.1, 0.15) is 5.56 Å². The molecule has 1 aromatic heterocycles. The minimum absolute atomic E-state index is 0.324. The van der Waals surface area contributed by atoms with Crippen molar-refractivity contribution in [3.8, 4) is 17.6 Å². The summed E-state index contributed by atoms with van der Waals surface area (Å²) in [6.45, 7) is 0. The molecule has 0 fully saturated rings. The number of hydrogen-bond acceptors (Lipinski definition) is 3. The first-order valence-corrected chi connectivity index (χ1v) is 4.56. The van der Waals surface area contributed by atoms with Crippen LogP contribution in [0.15, 0.2) is 42.7 Å². The van der Waals surface area contributed by atoms with E-state index in [0.29, 0.717) is 17.1 Å². The van der Waals surface area contributed by atoms with Crippen molar-refractivity contribution in [1.82, 2.24) is 4.98 Å². The maximum Gasteiger partial charge on any atom is 0.148 e. The summed E-state index contributed by atoms with van der Waals surface area (Å²) in [4.78, 5) is 3.66. The van der Waals surface area contributed by atoms with Gasteiger partial charge in [-0.05, 0) is 24.3 Å². The highest BCUT2D eigenvalue weighted by Crippen LogP contribution is 2.21. The van der Waals surface area contributed by atoms with E-state index in [4.69, 9.17) is 10.00 Å². The van der Waals surface area contributed by atoms with Gasteiger partial charge in [0.2, 0.25) is 0 Å². The molecule has 1 aromatic carbocycles. The molecule has 0 atom stereocenters. The van der Waals surface area contributed by atoms with Gasteiger partial charge < -0.3 is 4.74 Å². The lowest BCUT2D eigenvalue weighted by molar-refractivity contribution is 0.473. The number of nitrogens with zero attached hydrogens (tertiary/aromatic N) is 2. The van der Waals surface area contributed by atoms with Gasteiger partial charge in [0, 0.05) is 6.07 Å². The molecule has 3 nitrogen and oxygen atoms in total. The first-order valence-electron chi connectivity index (χ1n) is 4.56. The van der Waals surface area contributed by atoms with Crippen LogP contribution in [-0.2, 0) is 0 Å². The van der Waals surface area contributed by atoms with Crippen LogP contribution >= 0.6 is 0 Å².